The monoisotopic (exact) mass is 339 g/mol. The van der Waals surface area contributed by atoms with Crippen LogP contribution in [0.15, 0.2) is 35.5 Å². The molecular formula is C15H21N3O4S. The Labute approximate surface area is 136 Å². The molecular weight excluding hydrogens is 318 g/mol. The lowest BCUT2D eigenvalue weighted by Gasteiger charge is -2.17. The zero-order valence-corrected chi connectivity index (χ0v) is 14.4. The van der Waals surface area contributed by atoms with Crippen LogP contribution in [-0.4, -0.2) is 38.5 Å². The van der Waals surface area contributed by atoms with Crippen LogP contribution in [0.1, 0.15) is 12.5 Å². The van der Waals surface area contributed by atoms with E-state index in [4.69, 9.17) is 9.47 Å². The van der Waals surface area contributed by atoms with Crippen LogP contribution >= 0.6 is 0 Å². The average molecular weight is 339 g/mol. The van der Waals surface area contributed by atoms with E-state index in [1.54, 1.807) is 43.1 Å². The lowest BCUT2D eigenvalue weighted by atomic mass is 10.2. The van der Waals surface area contributed by atoms with Gasteiger partial charge in [-0.15, -0.1) is 0 Å². The summed E-state index contributed by atoms with van der Waals surface area (Å²) in [6.45, 7) is 3.95. The van der Waals surface area contributed by atoms with E-state index in [9.17, 15) is 8.42 Å². The van der Waals surface area contributed by atoms with Crippen molar-refractivity contribution in [1.82, 2.24) is 14.5 Å². The highest BCUT2D eigenvalue weighted by molar-refractivity contribution is 7.89. The fourth-order valence-corrected chi connectivity index (χ4v) is 3.78. The van der Waals surface area contributed by atoms with Crippen molar-refractivity contribution >= 4 is 10.0 Å². The van der Waals surface area contributed by atoms with E-state index in [0.717, 1.165) is 0 Å². The Morgan fingerprint density at radius 1 is 1.26 bits per heavy atom. The number of sulfonamides is 1. The van der Waals surface area contributed by atoms with Crippen LogP contribution in [0.4, 0.5) is 0 Å². The van der Waals surface area contributed by atoms with Crippen molar-refractivity contribution in [2.24, 2.45) is 0 Å². The van der Waals surface area contributed by atoms with Crippen molar-refractivity contribution in [2.45, 2.75) is 31.3 Å². The van der Waals surface area contributed by atoms with Gasteiger partial charge in [-0.25, -0.2) is 13.1 Å². The van der Waals surface area contributed by atoms with Crippen LogP contribution in [-0.2, 0) is 16.6 Å². The van der Waals surface area contributed by atoms with Crippen LogP contribution < -0.4 is 14.2 Å². The number of aryl methyl sites for hydroxylation is 1. The van der Waals surface area contributed by atoms with E-state index in [-0.39, 0.29) is 10.9 Å². The molecule has 1 aromatic carbocycles. The molecule has 0 radical (unpaired) electrons. The minimum atomic E-state index is -3.68. The van der Waals surface area contributed by atoms with Gasteiger partial charge in [0.15, 0.2) is 11.5 Å². The fourth-order valence-electron chi connectivity index (χ4n) is 2.31. The molecule has 23 heavy (non-hydrogen) atoms. The van der Waals surface area contributed by atoms with Gasteiger partial charge in [-0.1, -0.05) is 0 Å². The molecule has 7 nitrogen and oxygen atoms in total. The van der Waals surface area contributed by atoms with Crippen molar-refractivity contribution in [1.29, 1.82) is 0 Å². The van der Waals surface area contributed by atoms with Crippen LogP contribution in [0.3, 0.4) is 0 Å². The van der Waals surface area contributed by atoms with Crippen LogP contribution in [0, 0.1) is 6.92 Å². The molecule has 8 heteroatoms. The second-order valence-electron chi connectivity index (χ2n) is 5.22. The van der Waals surface area contributed by atoms with Crippen molar-refractivity contribution in [2.75, 3.05) is 14.2 Å². The highest BCUT2D eigenvalue weighted by Crippen LogP contribution is 2.32. The van der Waals surface area contributed by atoms with Crippen molar-refractivity contribution in [3.05, 3.63) is 36.2 Å². The molecule has 126 valence electrons. The second kappa shape index (κ2) is 7.01. The molecule has 0 bridgehead atoms. The van der Waals surface area contributed by atoms with Gasteiger partial charge < -0.3 is 9.47 Å². The molecule has 0 aliphatic carbocycles. The molecule has 2 aromatic rings. The van der Waals surface area contributed by atoms with Gasteiger partial charge in [0.1, 0.15) is 0 Å². The predicted octanol–water partition coefficient (Wildman–Crippen LogP) is 1.58. The first kappa shape index (κ1) is 17.3. The minimum absolute atomic E-state index is 0.169. The Kier molecular flexibility index (Phi) is 5.27. The van der Waals surface area contributed by atoms with Gasteiger partial charge >= 0.3 is 0 Å². The summed E-state index contributed by atoms with van der Waals surface area (Å²) in [6, 6.07) is 4.59. The third kappa shape index (κ3) is 4.02. The van der Waals surface area contributed by atoms with Crippen LogP contribution in [0.2, 0.25) is 0 Å². The van der Waals surface area contributed by atoms with Crippen molar-refractivity contribution in [3.63, 3.8) is 0 Å². The minimum Gasteiger partial charge on any atom is -0.493 e. The summed E-state index contributed by atoms with van der Waals surface area (Å²) < 4.78 is 39.9. The number of hydrogen-bond donors (Lipinski definition) is 1. The zero-order valence-electron chi connectivity index (χ0n) is 13.6. The van der Waals surface area contributed by atoms with Crippen molar-refractivity contribution in [3.8, 4) is 11.5 Å². The maximum atomic E-state index is 12.6. The van der Waals surface area contributed by atoms with E-state index in [2.05, 4.69) is 9.82 Å². The maximum Gasteiger partial charge on any atom is 0.241 e. The summed E-state index contributed by atoms with van der Waals surface area (Å²) in [5, 5.41) is 4.07. The first-order chi connectivity index (χ1) is 10.9. The van der Waals surface area contributed by atoms with Gasteiger partial charge in [-0.3, -0.25) is 4.68 Å². The number of aromatic nitrogens is 2. The standard InChI is InChI=1S/C15H21N3O4S/c1-11-8-13(21-3)14(22-4)9-15(11)23(19,20)17-12(2)10-18-7-5-6-16-18/h5-9,12,17H,10H2,1-4H3. The molecule has 0 saturated carbocycles. The van der Waals surface area contributed by atoms with Crippen LogP contribution in [0.25, 0.3) is 0 Å². The van der Waals surface area contributed by atoms with E-state index in [1.165, 1.54) is 20.3 Å². The highest BCUT2D eigenvalue weighted by atomic mass is 32.2. The van der Waals surface area contributed by atoms with E-state index in [1.807, 2.05) is 0 Å². The molecule has 0 fully saturated rings. The third-order valence-corrected chi connectivity index (χ3v) is 5.08. The summed E-state index contributed by atoms with van der Waals surface area (Å²) in [5.41, 5.74) is 0.585. The number of rotatable bonds is 7. The molecule has 0 aliphatic rings. The van der Waals surface area contributed by atoms with Gasteiger partial charge in [-0.05, 0) is 31.5 Å². The third-order valence-electron chi connectivity index (χ3n) is 3.35. The number of benzene rings is 1. The highest BCUT2D eigenvalue weighted by Gasteiger charge is 2.22. The van der Waals surface area contributed by atoms with Gasteiger partial charge in [0.25, 0.3) is 0 Å². The largest absolute Gasteiger partial charge is 0.493 e. The molecule has 1 unspecified atom stereocenters. The number of methoxy groups -OCH3 is 2. The Morgan fingerprint density at radius 2 is 1.91 bits per heavy atom. The number of ether oxygens (including phenoxy) is 2. The molecule has 1 N–H and O–H groups in total. The van der Waals surface area contributed by atoms with E-state index in [0.29, 0.717) is 23.6 Å². The summed E-state index contributed by atoms with van der Waals surface area (Å²) in [5.74, 6) is 0.867. The summed E-state index contributed by atoms with van der Waals surface area (Å²) in [4.78, 5) is 0.169. The molecule has 0 saturated heterocycles. The summed E-state index contributed by atoms with van der Waals surface area (Å²) in [6.07, 6.45) is 3.44. The summed E-state index contributed by atoms with van der Waals surface area (Å²) in [7, 11) is -0.698. The van der Waals surface area contributed by atoms with Gasteiger partial charge in [-0.2, -0.15) is 5.10 Å². The van der Waals surface area contributed by atoms with E-state index < -0.39 is 10.0 Å². The Morgan fingerprint density at radius 3 is 2.48 bits per heavy atom. The number of nitrogens with zero attached hydrogens (tertiary/aromatic N) is 2. The smallest absolute Gasteiger partial charge is 0.241 e. The van der Waals surface area contributed by atoms with Gasteiger partial charge in [0.05, 0.1) is 25.7 Å². The first-order valence-corrected chi connectivity index (χ1v) is 8.58. The molecule has 0 spiro atoms. The topological polar surface area (TPSA) is 82.5 Å². The molecule has 2 rings (SSSR count). The number of nitrogens with one attached hydrogen (secondary N) is 1. The second-order valence-corrected chi connectivity index (χ2v) is 6.91. The summed E-state index contributed by atoms with van der Waals surface area (Å²) >= 11 is 0. The van der Waals surface area contributed by atoms with Gasteiger partial charge in [0.2, 0.25) is 10.0 Å². The fraction of sp³-hybridized carbons (Fsp3) is 0.400. The average Bonchev–Trinajstić information content (AvgIpc) is 2.98. The lowest BCUT2D eigenvalue weighted by Crippen LogP contribution is -2.36. The predicted molar refractivity (Wildman–Crippen MR) is 86.3 cm³/mol. The maximum absolute atomic E-state index is 12.6. The quantitative estimate of drug-likeness (QED) is 0.828. The van der Waals surface area contributed by atoms with E-state index >= 15 is 0 Å². The normalized spacial score (nSPS) is 12.9. The van der Waals surface area contributed by atoms with Crippen molar-refractivity contribution < 1.29 is 17.9 Å². The molecule has 1 atom stereocenters. The lowest BCUT2D eigenvalue weighted by molar-refractivity contribution is 0.353. The molecule has 0 aliphatic heterocycles. The molecule has 0 amide bonds. The number of hydrogen-bond acceptors (Lipinski definition) is 5. The Bertz CT molecular complexity index is 757. The molecule has 1 aromatic heterocycles. The Balaban J connectivity index is 2.25. The van der Waals surface area contributed by atoms with Gasteiger partial charge in [0, 0.05) is 24.5 Å². The SMILES string of the molecule is COc1cc(C)c(S(=O)(=O)NC(C)Cn2cccn2)cc1OC. The Hall–Kier alpha value is -2.06. The molecule has 1 heterocycles. The van der Waals surface area contributed by atoms with Crippen LogP contribution in [0.5, 0.6) is 11.5 Å². The first-order valence-electron chi connectivity index (χ1n) is 7.09. The zero-order chi connectivity index (χ0) is 17.0.